The molecule has 0 bridgehead atoms. The minimum Gasteiger partial charge on any atom is -0.189 e. The van der Waals surface area contributed by atoms with Crippen molar-refractivity contribution in [2.24, 2.45) is 0 Å². The minimum atomic E-state index is -2.13. The molecule has 24 heavy (non-hydrogen) atoms. The second-order valence-electron chi connectivity index (χ2n) is 5.54. The molecule has 119 valence electrons. The van der Waals surface area contributed by atoms with Crippen LogP contribution >= 0.6 is 25.5 Å². The monoisotopic (exact) mass is 448 g/mol. The molecule has 0 aromatic heterocycles. The second kappa shape index (κ2) is 8.72. The maximum atomic E-state index is 5.00. The molecule has 3 aromatic carbocycles. The zero-order valence-electron chi connectivity index (χ0n) is 12.8. The van der Waals surface area contributed by atoms with E-state index in [-0.39, 0.29) is 0 Å². The molecule has 0 amide bonds. The van der Waals surface area contributed by atoms with E-state index >= 15 is 0 Å². The molecule has 0 fully saturated rings. The molecule has 0 N–H and O–H groups in total. The first-order valence-corrected chi connectivity index (χ1v) is 17.1. The van der Waals surface area contributed by atoms with Crippen molar-refractivity contribution >= 4 is 48.6 Å². The van der Waals surface area contributed by atoms with Gasteiger partial charge in [-0.2, -0.15) is 35.3 Å². The van der Waals surface area contributed by atoms with Gasteiger partial charge in [-0.3, -0.25) is 0 Å². The Kier molecular flexibility index (Phi) is 6.64. The Balaban J connectivity index is 0.000000383. The summed E-state index contributed by atoms with van der Waals surface area (Å²) in [6.45, 7) is 0.317. The van der Waals surface area contributed by atoms with Crippen LogP contribution in [-0.2, 0) is 24.6 Å². The topological polar surface area (TPSA) is 0 Å². The molecular formula is C19H14BCl3Zr-. The second-order valence-corrected chi connectivity index (χ2v) is 16.7. The molecule has 0 atom stereocenters. The average Bonchev–Trinajstić information content (AvgIpc) is 2.60. The van der Waals surface area contributed by atoms with Crippen molar-refractivity contribution in [3.63, 3.8) is 0 Å². The summed E-state index contributed by atoms with van der Waals surface area (Å²) in [5, 5.41) is 0. The van der Waals surface area contributed by atoms with Crippen LogP contribution in [0.4, 0.5) is 0 Å². The Morgan fingerprint density at radius 2 is 1.42 bits per heavy atom. The predicted molar refractivity (Wildman–Crippen MR) is 103 cm³/mol. The van der Waals surface area contributed by atoms with Crippen molar-refractivity contribution in [1.29, 1.82) is 0 Å². The molecule has 0 aliphatic carbocycles. The van der Waals surface area contributed by atoms with Gasteiger partial charge in [0.25, 0.3) is 0 Å². The summed E-state index contributed by atoms with van der Waals surface area (Å²) in [4.78, 5) is 0. The van der Waals surface area contributed by atoms with Crippen LogP contribution in [0, 0.1) is 6.07 Å². The summed E-state index contributed by atoms with van der Waals surface area (Å²) < 4.78 is 0. The Bertz CT molecular complexity index is 760. The fourth-order valence-electron chi connectivity index (χ4n) is 3.24. The summed E-state index contributed by atoms with van der Waals surface area (Å²) in [6, 6.07) is 29.4. The first kappa shape index (κ1) is 18.3. The summed E-state index contributed by atoms with van der Waals surface area (Å²) in [5.41, 5.74) is 6.95. The Hall–Kier alpha value is -0.522. The summed E-state index contributed by atoms with van der Waals surface area (Å²) in [7, 11) is 15.0. The first-order valence-electron chi connectivity index (χ1n) is 7.62. The molecule has 1 heterocycles. The SMILES string of the molecule is [Cl][Zr]([Cl])[Cl].[c-]1cccc2c1B(c1ccccc1)c1ccccc1C2. The fraction of sp³-hybridized carbons (Fsp3) is 0.0526. The van der Waals surface area contributed by atoms with Crippen molar-refractivity contribution in [2.75, 3.05) is 0 Å². The van der Waals surface area contributed by atoms with Crippen LogP contribution in [0.3, 0.4) is 0 Å². The zero-order valence-corrected chi connectivity index (χ0v) is 17.6. The standard InChI is InChI=1S/C19H14B.3ClH.Zr/c1-2-10-17(11-3-1)20-18-12-6-4-8-15(18)14-16-9-5-7-13-19(16)20;;;;/h1-12H,14H2;3*1H;/q-1;;;;+3/p-3. The molecule has 0 unspecified atom stereocenters. The smallest absolute Gasteiger partial charge is 0.189 e. The number of benzene rings is 3. The van der Waals surface area contributed by atoms with Crippen molar-refractivity contribution in [3.8, 4) is 0 Å². The van der Waals surface area contributed by atoms with E-state index in [1.54, 1.807) is 0 Å². The van der Waals surface area contributed by atoms with E-state index in [0.29, 0.717) is 6.71 Å². The van der Waals surface area contributed by atoms with Gasteiger partial charge >= 0.3 is 43.7 Å². The van der Waals surface area contributed by atoms with Crippen LogP contribution in [0.1, 0.15) is 11.1 Å². The Morgan fingerprint density at radius 1 is 0.792 bits per heavy atom. The summed E-state index contributed by atoms with van der Waals surface area (Å²) in [6.07, 6.45) is 1.02. The van der Waals surface area contributed by atoms with E-state index in [1.165, 1.54) is 27.5 Å². The van der Waals surface area contributed by atoms with Crippen molar-refractivity contribution in [1.82, 2.24) is 0 Å². The first-order chi connectivity index (χ1) is 11.7. The quantitative estimate of drug-likeness (QED) is 0.304. The van der Waals surface area contributed by atoms with Gasteiger partial charge in [-0.1, -0.05) is 71.1 Å². The third-order valence-electron chi connectivity index (χ3n) is 4.15. The van der Waals surface area contributed by atoms with E-state index in [4.69, 9.17) is 25.5 Å². The fourth-order valence-corrected chi connectivity index (χ4v) is 3.24. The van der Waals surface area contributed by atoms with Gasteiger partial charge in [0.2, 0.25) is 6.71 Å². The minimum absolute atomic E-state index is 0.317. The van der Waals surface area contributed by atoms with Crippen LogP contribution in [0.2, 0.25) is 0 Å². The van der Waals surface area contributed by atoms with Crippen LogP contribution in [0.15, 0.2) is 72.8 Å². The van der Waals surface area contributed by atoms with Gasteiger partial charge < -0.3 is 0 Å². The third-order valence-corrected chi connectivity index (χ3v) is 4.15. The molecule has 0 radical (unpaired) electrons. The number of hydrogen-bond acceptors (Lipinski definition) is 0. The van der Waals surface area contributed by atoms with Gasteiger partial charge in [0, 0.05) is 0 Å². The van der Waals surface area contributed by atoms with Crippen molar-refractivity contribution in [2.45, 2.75) is 6.42 Å². The maximum Gasteiger partial charge on any atom is 0.217 e. The van der Waals surface area contributed by atoms with Gasteiger partial charge in [0.1, 0.15) is 0 Å². The van der Waals surface area contributed by atoms with Gasteiger partial charge in [-0.15, -0.1) is 0 Å². The van der Waals surface area contributed by atoms with E-state index < -0.39 is 18.2 Å². The summed E-state index contributed by atoms with van der Waals surface area (Å²) >= 11 is -2.13. The van der Waals surface area contributed by atoms with Crippen molar-refractivity contribution < 1.29 is 18.2 Å². The van der Waals surface area contributed by atoms with Crippen LogP contribution < -0.4 is 16.4 Å². The Morgan fingerprint density at radius 3 is 2.17 bits per heavy atom. The van der Waals surface area contributed by atoms with E-state index in [9.17, 15) is 0 Å². The van der Waals surface area contributed by atoms with Gasteiger partial charge in [-0.25, -0.2) is 0 Å². The van der Waals surface area contributed by atoms with Crippen molar-refractivity contribution in [3.05, 3.63) is 90.0 Å². The maximum absolute atomic E-state index is 5.00. The molecular weight excluding hydrogens is 437 g/mol. The number of fused-ring (bicyclic) bond motifs is 2. The van der Waals surface area contributed by atoms with Gasteiger partial charge in [0.05, 0.1) is 0 Å². The van der Waals surface area contributed by atoms with Crippen LogP contribution in [-0.4, -0.2) is 6.71 Å². The molecule has 1 aliphatic heterocycles. The molecule has 4 rings (SSSR count). The molecule has 0 nitrogen and oxygen atoms in total. The van der Waals surface area contributed by atoms with Gasteiger partial charge in [-0.05, 0) is 6.42 Å². The number of halogens is 3. The average molecular weight is 451 g/mol. The Labute approximate surface area is 162 Å². The van der Waals surface area contributed by atoms with E-state index in [1.807, 2.05) is 6.07 Å². The molecule has 5 heteroatoms. The number of rotatable bonds is 1. The molecule has 3 aromatic rings. The van der Waals surface area contributed by atoms with E-state index in [0.717, 1.165) is 6.42 Å². The molecule has 0 saturated carbocycles. The molecule has 0 saturated heterocycles. The molecule has 0 spiro atoms. The van der Waals surface area contributed by atoms with Crippen LogP contribution in [0.25, 0.3) is 0 Å². The largest absolute Gasteiger partial charge is 0.217 e. The van der Waals surface area contributed by atoms with Crippen LogP contribution in [0.5, 0.6) is 0 Å². The predicted octanol–water partition coefficient (Wildman–Crippen LogP) is 3.97. The van der Waals surface area contributed by atoms with Gasteiger partial charge in [0.15, 0.2) is 0 Å². The zero-order chi connectivity index (χ0) is 16.9. The van der Waals surface area contributed by atoms with E-state index in [2.05, 4.69) is 72.8 Å². The number of hydrogen-bond donors (Lipinski definition) is 0. The normalized spacial score (nSPS) is 11.7. The molecule has 1 aliphatic rings. The third kappa shape index (κ3) is 4.35. The summed E-state index contributed by atoms with van der Waals surface area (Å²) in [5.74, 6) is 0.